The zero-order valence-electron chi connectivity index (χ0n) is 20.0. The Labute approximate surface area is 198 Å². The maximum absolute atomic E-state index is 13.2. The van der Waals surface area contributed by atoms with Crippen molar-refractivity contribution in [2.45, 2.75) is 59.4 Å². The van der Waals surface area contributed by atoms with Crippen LogP contribution < -0.4 is 15.5 Å². The van der Waals surface area contributed by atoms with Crippen LogP contribution in [0, 0.1) is 35.5 Å². The van der Waals surface area contributed by atoms with E-state index in [9.17, 15) is 19.6 Å². The average Bonchev–Trinajstić information content (AvgIpc) is 3.39. The molecule has 1 aliphatic heterocycles. The first-order chi connectivity index (χ1) is 16.0. The molecule has 2 amide bonds. The molecule has 182 valence electrons. The topological polar surface area (TPSA) is 144 Å². The van der Waals surface area contributed by atoms with Crippen LogP contribution in [0.2, 0.25) is 0 Å². The fourth-order valence-electron chi connectivity index (χ4n) is 4.48. The number of Topliss-reactive ketones (excluding diaryl/α,β-unsaturated/α-hetero) is 1. The molecule has 1 aromatic carbocycles. The summed E-state index contributed by atoms with van der Waals surface area (Å²) >= 11 is 0. The fourth-order valence-corrected chi connectivity index (χ4v) is 4.48. The first-order valence-electron chi connectivity index (χ1n) is 11.5. The highest BCUT2D eigenvalue weighted by molar-refractivity contribution is 6.03. The van der Waals surface area contributed by atoms with Gasteiger partial charge in [0.15, 0.2) is 11.5 Å². The summed E-state index contributed by atoms with van der Waals surface area (Å²) in [6.45, 7) is 8.40. The van der Waals surface area contributed by atoms with Gasteiger partial charge in [-0.05, 0) is 49.3 Å². The third-order valence-electron chi connectivity index (χ3n) is 6.18. The largest absolute Gasteiger partial charge is 0.356 e. The van der Waals surface area contributed by atoms with E-state index in [1.54, 1.807) is 18.2 Å². The number of hydrogen-bond acceptors (Lipinski definition) is 6. The van der Waals surface area contributed by atoms with Gasteiger partial charge in [0.2, 0.25) is 11.8 Å². The number of nitriles is 1. The van der Waals surface area contributed by atoms with Gasteiger partial charge in [-0.3, -0.25) is 14.4 Å². The predicted molar refractivity (Wildman–Crippen MR) is 126 cm³/mol. The lowest BCUT2D eigenvalue weighted by Crippen LogP contribution is -2.41. The van der Waals surface area contributed by atoms with Gasteiger partial charge in [-0.1, -0.05) is 26.8 Å². The van der Waals surface area contributed by atoms with Crippen molar-refractivity contribution in [3.63, 3.8) is 0 Å². The minimum Gasteiger partial charge on any atom is -0.356 e. The molecule has 9 heteroatoms. The molecule has 0 unspecified atom stereocenters. The number of aromatic amines is 1. The Balaban J connectivity index is 1.78. The zero-order valence-corrected chi connectivity index (χ0v) is 20.0. The molecule has 4 N–H and O–H groups in total. The number of benzene rings is 1. The smallest absolute Gasteiger partial charge is 0.224 e. The van der Waals surface area contributed by atoms with Crippen LogP contribution in [0.4, 0.5) is 0 Å². The summed E-state index contributed by atoms with van der Waals surface area (Å²) in [5.74, 6) is -1.46. The van der Waals surface area contributed by atoms with E-state index in [0.717, 1.165) is 5.56 Å². The van der Waals surface area contributed by atoms with E-state index in [-0.39, 0.29) is 47.5 Å². The van der Waals surface area contributed by atoms with Crippen molar-refractivity contribution in [1.82, 2.24) is 15.6 Å². The van der Waals surface area contributed by atoms with Gasteiger partial charge in [-0.15, -0.1) is 0 Å². The first kappa shape index (κ1) is 25.2. The van der Waals surface area contributed by atoms with Crippen LogP contribution in [-0.4, -0.2) is 40.4 Å². The van der Waals surface area contributed by atoms with Crippen LogP contribution in [0.1, 0.15) is 62.5 Å². The van der Waals surface area contributed by atoms with Gasteiger partial charge in [0.05, 0.1) is 17.3 Å². The molecule has 1 aromatic heterocycles. The van der Waals surface area contributed by atoms with E-state index in [1.807, 2.05) is 27.7 Å². The molecule has 34 heavy (non-hydrogen) atoms. The molecule has 0 aliphatic carbocycles. The molecule has 1 aliphatic rings. The number of nitrogens with one attached hydrogen (secondary N) is 3. The molecule has 1 saturated heterocycles. The second kappa shape index (κ2) is 10.3. The molecular weight excluding hydrogens is 436 g/mol. The number of nitrogens with zero attached hydrogens (tertiary/aromatic N) is 1. The number of amides is 2. The van der Waals surface area contributed by atoms with Gasteiger partial charge in [-0.25, -0.2) is 5.26 Å². The van der Waals surface area contributed by atoms with E-state index in [1.165, 1.54) is 0 Å². The molecule has 1 fully saturated rings. The number of fused-ring (bicyclic) bond motifs is 1. The summed E-state index contributed by atoms with van der Waals surface area (Å²) in [6, 6.07) is 6.26. The Kier molecular flexibility index (Phi) is 7.62. The Morgan fingerprint density at radius 3 is 2.68 bits per heavy atom. The first-order valence-corrected chi connectivity index (χ1v) is 11.5. The van der Waals surface area contributed by atoms with Crippen LogP contribution in [0.3, 0.4) is 0 Å². The second-order valence-electron chi connectivity index (χ2n) is 10.2. The molecule has 3 atom stereocenters. The standard InChI is InChI=1S/C25H32N4O5/c1-14-5-6-21(34-33)18-11-19(29-22(14)18)20(30)10-16(12-25(2,3)4)24(32)28-17(13-26)9-15-7-8-27-23(15)31/h5-6,11,15-17,29,33H,7-10,12H2,1-4H3,(H,27,31)(H,28,32)/t15-,16-,17-/m0/s1. The third kappa shape index (κ3) is 5.94. The number of hydrogen-bond donors (Lipinski definition) is 4. The Morgan fingerprint density at radius 1 is 1.35 bits per heavy atom. The monoisotopic (exact) mass is 468 g/mol. The summed E-state index contributed by atoms with van der Waals surface area (Å²) in [7, 11) is 0. The Morgan fingerprint density at radius 2 is 2.09 bits per heavy atom. The van der Waals surface area contributed by atoms with Crippen molar-refractivity contribution >= 4 is 28.5 Å². The molecule has 0 saturated carbocycles. The summed E-state index contributed by atoms with van der Waals surface area (Å²) < 4.78 is 0. The summed E-state index contributed by atoms with van der Waals surface area (Å²) in [5.41, 5.74) is 1.64. The van der Waals surface area contributed by atoms with Gasteiger partial charge < -0.3 is 20.5 Å². The highest BCUT2D eigenvalue weighted by Crippen LogP contribution is 2.31. The fraction of sp³-hybridized carbons (Fsp3) is 0.520. The van der Waals surface area contributed by atoms with Crippen molar-refractivity contribution in [2.75, 3.05) is 6.54 Å². The minimum atomic E-state index is -0.807. The lowest BCUT2D eigenvalue weighted by molar-refractivity contribution is -0.136. The van der Waals surface area contributed by atoms with Crippen LogP contribution >= 0.6 is 0 Å². The Hall–Kier alpha value is -3.38. The quantitative estimate of drug-likeness (QED) is 0.252. The van der Waals surface area contributed by atoms with E-state index in [0.29, 0.717) is 36.0 Å². The molecule has 9 nitrogen and oxygen atoms in total. The summed E-state index contributed by atoms with van der Waals surface area (Å²) in [6.07, 6.45) is 1.27. The Bertz CT molecular complexity index is 1120. The molecule has 0 spiro atoms. The van der Waals surface area contributed by atoms with Crippen LogP contribution in [0.15, 0.2) is 18.2 Å². The maximum atomic E-state index is 13.2. The molecule has 0 bridgehead atoms. The van der Waals surface area contributed by atoms with E-state index >= 15 is 0 Å². The third-order valence-corrected chi connectivity index (χ3v) is 6.18. The van der Waals surface area contributed by atoms with E-state index in [2.05, 4.69) is 26.6 Å². The van der Waals surface area contributed by atoms with Gasteiger partial charge in [0.25, 0.3) is 0 Å². The molecular formula is C25H32N4O5. The number of carbonyl (C=O) groups excluding carboxylic acids is 3. The lowest BCUT2D eigenvalue weighted by Gasteiger charge is -2.26. The zero-order chi connectivity index (χ0) is 25.0. The highest BCUT2D eigenvalue weighted by atomic mass is 17.1. The lowest BCUT2D eigenvalue weighted by atomic mass is 9.81. The van der Waals surface area contributed by atoms with Crippen LogP contribution in [0.5, 0.6) is 5.75 Å². The molecule has 2 heterocycles. The summed E-state index contributed by atoms with van der Waals surface area (Å²) in [4.78, 5) is 45.7. The van der Waals surface area contributed by atoms with Crippen molar-refractivity contribution in [1.29, 1.82) is 5.26 Å². The number of H-pyrrole nitrogens is 1. The normalized spacial score (nSPS) is 17.6. The van der Waals surface area contributed by atoms with Crippen LogP contribution in [0.25, 0.3) is 10.9 Å². The number of aromatic nitrogens is 1. The number of ketones is 1. The van der Waals surface area contributed by atoms with Crippen molar-refractivity contribution in [2.24, 2.45) is 17.3 Å². The van der Waals surface area contributed by atoms with Gasteiger partial charge in [0, 0.05) is 30.2 Å². The minimum absolute atomic E-state index is 0.0493. The highest BCUT2D eigenvalue weighted by Gasteiger charge is 2.32. The van der Waals surface area contributed by atoms with Gasteiger partial charge in [-0.2, -0.15) is 5.26 Å². The van der Waals surface area contributed by atoms with Gasteiger partial charge >= 0.3 is 0 Å². The molecule has 2 aromatic rings. The average molecular weight is 469 g/mol. The number of rotatable bonds is 9. The molecule has 0 radical (unpaired) electrons. The number of carbonyl (C=O) groups is 3. The second-order valence-corrected chi connectivity index (χ2v) is 10.2. The van der Waals surface area contributed by atoms with E-state index < -0.39 is 12.0 Å². The summed E-state index contributed by atoms with van der Waals surface area (Å²) in [5, 5.41) is 24.8. The molecule has 3 rings (SSSR count). The van der Waals surface area contributed by atoms with E-state index in [4.69, 9.17) is 5.26 Å². The van der Waals surface area contributed by atoms with Crippen molar-refractivity contribution in [3.8, 4) is 11.8 Å². The maximum Gasteiger partial charge on any atom is 0.224 e. The number of aryl methyl sites for hydroxylation is 1. The SMILES string of the molecule is Cc1ccc(OO)c2cc(C(=O)C[C@@H](CC(C)(C)C)C(=O)N[C@H](C#N)C[C@@H]3CCNC3=O)[nH]c12. The predicted octanol–water partition coefficient (Wildman–Crippen LogP) is 3.49. The van der Waals surface area contributed by atoms with Crippen molar-refractivity contribution < 1.29 is 24.5 Å². The van der Waals surface area contributed by atoms with Crippen molar-refractivity contribution in [3.05, 3.63) is 29.5 Å². The van der Waals surface area contributed by atoms with Crippen LogP contribution in [-0.2, 0) is 9.59 Å². The van der Waals surface area contributed by atoms with Gasteiger partial charge in [0.1, 0.15) is 6.04 Å².